The third kappa shape index (κ3) is 2.91. The zero-order valence-corrected chi connectivity index (χ0v) is 12.9. The maximum absolute atomic E-state index is 6.22. The summed E-state index contributed by atoms with van der Waals surface area (Å²) in [5, 5.41) is 4.61. The van der Waals surface area contributed by atoms with E-state index in [1.807, 2.05) is 18.2 Å². The van der Waals surface area contributed by atoms with Gasteiger partial charge in [0.2, 0.25) is 0 Å². The molecule has 0 atom stereocenters. The van der Waals surface area contributed by atoms with Gasteiger partial charge in [0.15, 0.2) is 5.16 Å². The van der Waals surface area contributed by atoms with Crippen LogP contribution in [0.5, 0.6) is 0 Å². The molecule has 0 radical (unpaired) electrons. The number of hydrogen-bond donors (Lipinski definition) is 0. The fourth-order valence-corrected chi connectivity index (χ4v) is 2.99. The minimum atomic E-state index is 0.298. The van der Waals surface area contributed by atoms with Crippen molar-refractivity contribution in [2.45, 2.75) is 0 Å². The van der Waals surface area contributed by atoms with E-state index in [0.29, 0.717) is 10.2 Å². The van der Waals surface area contributed by atoms with Crippen LogP contribution < -0.4 is 0 Å². The number of hydrogen-bond acceptors (Lipinski definition) is 2. The first kappa shape index (κ1) is 13.1. The lowest BCUT2D eigenvalue weighted by Crippen LogP contribution is -1.94. The summed E-state index contributed by atoms with van der Waals surface area (Å²) in [7, 11) is 0. The molecule has 0 aliphatic heterocycles. The summed E-state index contributed by atoms with van der Waals surface area (Å²) in [6.45, 7) is 0. The molecule has 1 aromatic carbocycles. The first-order valence-corrected chi connectivity index (χ1v) is 6.79. The summed E-state index contributed by atoms with van der Waals surface area (Å²) in [6.07, 6.45) is 2.88. The van der Waals surface area contributed by atoms with Gasteiger partial charge in [-0.15, -0.1) is 0 Å². The van der Waals surface area contributed by atoms with E-state index < -0.39 is 0 Å². The molecule has 0 bridgehead atoms. The summed E-state index contributed by atoms with van der Waals surface area (Å²) in [6, 6.07) is 5.63. The van der Waals surface area contributed by atoms with Gasteiger partial charge >= 0.3 is 0 Å². The molecule has 88 valence electrons. The van der Waals surface area contributed by atoms with Crippen molar-refractivity contribution in [3.05, 3.63) is 45.4 Å². The average Bonchev–Trinajstić information content (AvgIpc) is 2.80. The lowest BCUT2D eigenvalue weighted by atomic mass is 10.2. The van der Waals surface area contributed by atoms with Crippen LogP contribution in [0, 0.1) is 0 Å². The maximum Gasteiger partial charge on any atom is 0.151 e. The Morgan fingerprint density at radius 2 is 2.00 bits per heavy atom. The second-order valence-corrected chi connectivity index (χ2v) is 5.58. The Balaban J connectivity index is 2.49. The molecule has 2 rings (SSSR count). The van der Waals surface area contributed by atoms with Crippen molar-refractivity contribution in [2.75, 3.05) is 0 Å². The lowest BCUT2D eigenvalue weighted by molar-refractivity contribution is 0.925. The molecule has 0 saturated carbocycles. The number of benzene rings is 1. The molecule has 1 aromatic heterocycles. The highest BCUT2D eigenvalue weighted by atomic mass is 79.9. The second-order valence-electron chi connectivity index (χ2n) is 3.07. The molecule has 17 heavy (non-hydrogen) atoms. The molecule has 0 amide bonds. The molecule has 2 aromatic rings. The van der Waals surface area contributed by atoms with Gasteiger partial charge in [-0.05, 0) is 12.1 Å². The highest BCUT2D eigenvalue weighted by molar-refractivity contribution is 9.11. The SMILES string of the molecule is Cl/C(=C(\Cl)n1cncn1)c1ccc(Br)cc1Br. The largest absolute Gasteiger partial charge is 0.223 e. The van der Waals surface area contributed by atoms with Crippen LogP contribution in [0.1, 0.15) is 5.56 Å². The molecule has 0 N–H and O–H groups in total. The fraction of sp³-hybridized carbons (Fsp3) is 0. The van der Waals surface area contributed by atoms with E-state index in [-0.39, 0.29) is 0 Å². The molecule has 0 aliphatic rings. The van der Waals surface area contributed by atoms with Crippen LogP contribution in [0.2, 0.25) is 0 Å². The molecule has 7 heteroatoms. The average molecular weight is 398 g/mol. The van der Waals surface area contributed by atoms with Crippen LogP contribution >= 0.6 is 55.1 Å². The normalized spacial score (nSPS) is 12.5. The Kier molecular flexibility index (Phi) is 4.25. The third-order valence-electron chi connectivity index (χ3n) is 1.97. The van der Waals surface area contributed by atoms with Gasteiger partial charge in [0.05, 0.1) is 5.03 Å². The first-order valence-electron chi connectivity index (χ1n) is 4.45. The summed E-state index contributed by atoms with van der Waals surface area (Å²) >= 11 is 19.1. The third-order valence-corrected chi connectivity index (χ3v) is 3.96. The van der Waals surface area contributed by atoms with E-state index in [2.05, 4.69) is 41.9 Å². The second kappa shape index (κ2) is 5.52. The predicted octanol–water partition coefficient (Wildman–Crippen LogP) is 4.56. The number of aromatic nitrogens is 3. The van der Waals surface area contributed by atoms with Crippen LogP contribution in [-0.4, -0.2) is 14.8 Å². The van der Waals surface area contributed by atoms with Crippen molar-refractivity contribution < 1.29 is 0 Å². The van der Waals surface area contributed by atoms with Gasteiger partial charge in [-0.1, -0.05) is 61.1 Å². The van der Waals surface area contributed by atoms with E-state index in [1.54, 1.807) is 0 Å². The number of halogens is 4. The van der Waals surface area contributed by atoms with Gasteiger partial charge in [0.25, 0.3) is 0 Å². The minimum Gasteiger partial charge on any atom is -0.223 e. The van der Waals surface area contributed by atoms with E-state index in [1.165, 1.54) is 17.3 Å². The highest BCUT2D eigenvalue weighted by Crippen LogP contribution is 2.34. The smallest absolute Gasteiger partial charge is 0.151 e. The molecular formula is C10H5Br2Cl2N3. The number of rotatable bonds is 2. The van der Waals surface area contributed by atoms with Crippen molar-refractivity contribution in [1.29, 1.82) is 0 Å². The van der Waals surface area contributed by atoms with Gasteiger partial charge in [-0.3, -0.25) is 0 Å². The molecule has 0 unspecified atom stereocenters. The quantitative estimate of drug-likeness (QED) is 0.743. The zero-order chi connectivity index (χ0) is 12.4. The molecule has 0 spiro atoms. The first-order chi connectivity index (χ1) is 8.09. The Morgan fingerprint density at radius 3 is 2.59 bits per heavy atom. The maximum atomic E-state index is 6.22. The summed E-state index contributed by atoms with van der Waals surface area (Å²) in [4.78, 5) is 3.81. The topological polar surface area (TPSA) is 30.7 Å². The monoisotopic (exact) mass is 395 g/mol. The molecule has 0 aliphatic carbocycles. The van der Waals surface area contributed by atoms with Crippen molar-refractivity contribution in [1.82, 2.24) is 14.8 Å². The highest BCUT2D eigenvalue weighted by Gasteiger charge is 2.11. The van der Waals surface area contributed by atoms with Crippen molar-refractivity contribution in [3.63, 3.8) is 0 Å². The van der Waals surface area contributed by atoms with Crippen LogP contribution in [0.3, 0.4) is 0 Å². The van der Waals surface area contributed by atoms with E-state index in [4.69, 9.17) is 23.2 Å². The summed E-state index contributed by atoms with van der Waals surface area (Å²) in [5.41, 5.74) is 0.787. The predicted molar refractivity (Wildman–Crippen MR) is 76.7 cm³/mol. The zero-order valence-electron chi connectivity index (χ0n) is 8.24. The van der Waals surface area contributed by atoms with Crippen LogP contribution in [-0.2, 0) is 0 Å². The fourth-order valence-electron chi connectivity index (χ4n) is 1.19. The van der Waals surface area contributed by atoms with Crippen molar-refractivity contribution >= 4 is 65.3 Å². The van der Waals surface area contributed by atoms with Crippen LogP contribution in [0.4, 0.5) is 0 Å². The standard InChI is InChI=1S/C10H5Br2Cl2N3/c11-6-1-2-7(8(12)3-6)9(13)10(14)17-5-15-4-16-17/h1-5H/b10-9+. The molecule has 1 heterocycles. The Bertz CT molecular complexity index is 567. The molecule has 0 fully saturated rings. The van der Waals surface area contributed by atoms with Gasteiger partial charge in [-0.2, -0.15) is 5.10 Å². The van der Waals surface area contributed by atoms with Crippen molar-refractivity contribution in [3.8, 4) is 0 Å². The molecular weight excluding hydrogens is 393 g/mol. The Hall–Kier alpha value is -0.360. The Morgan fingerprint density at radius 1 is 1.24 bits per heavy atom. The van der Waals surface area contributed by atoms with Crippen molar-refractivity contribution in [2.24, 2.45) is 0 Å². The molecule has 3 nitrogen and oxygen atoms in total. The van der Waals surface area contributed by atoms with Crippen LogP contribution in [0.15, 0.2) is 39.8 Å². The Labute approximate surface area is 125 Å². The summed E-state index contributed by atoms with van der Waals surface area (Å²) < 4.78 is 3.20. The van der Waals surface area contributed by atoms with Gasteiger partial charge in [0, 0.05) is 14.5 Å². The van der Waals surface area contributed by atoms with Gasteiger partial charge < -0.3 is 0 Å². The van der Waals surface area contributed by atoms with Crippen LogP contribution in [0.25, 0.3) is 10.2 Å². The minimum absolute atomic E-state index is 0.298. The molecule has 0 saturated heterocycles. The van der Waals surface area contributed by atoms with Gasteiger partial charge in [-0.25, -0.2) is 9.67 Å². The van der Waals surface area contributed by atoms with Gasteiger partial charge in [0.1, 0.15) is 12.7 Å². The van der Waals surface area contributed by atoms with E-state index in [0.717, 1.165) is 14.5 Å². The lowest BCUT2D eigenvalue weighted by Gasteiger charge is -2.06. The van der Waals surface area contributed by atoms with E-state index in [9.17, 15) is 0 Å². The van der Waals surface area contributed by atoms with E-state index >= 15 is 0 Å². The summed E-state index contributed by atoms with van der Waals surface area (Å²) in [5.74, 6) is 0. The number of nitrogens with zero attached hydrogens (tertiary/aromatic N) is 3.